The lowest BCUT2D eigenvalue weighted by Crippen LogP contribution is -2.63. The maximum absolute atomic E-state index is 12.3. The number of aliphatic hydroxyl groups is 1. The maximum Gasteiger partial charge on any atom is 0.331 e. The zero-order valence-electron chi connectivity index (χ0n) is 20.8. The van der Waals surface area contributed by atoms with E-state index >= 15 is 0 Å². The standard InChI is InChI=1S/C27H38O7/c1-15(28)33-22-12-18-5-6-21-20(25(18,3)13-23(22)34-16(2)29)7-9-26(4)19(8-10-27(21,26)31)17-11-24(30)32-14-17/h11,18-23,31H,5-10,12-14H2,1-4H3/t18-,19+,20?,21?,22+,23+,25-,26+,27-/m0/s1. The maximum atomic E-state index is 12.3. The number of carbonyl (C=O) groups is 3. The van der Waals surface area contributed by atoms with Gasteiger partial charge in [0, 0.05) is 25.3 Å². The summed E-state index contributed by atoms with van der Waals surface area (Å²) >= 11 is 0. The van der Waals surface area contributed by atoms with E-state index in [1.807, 2.05) is 0 Å². The lowest BCUT2D eigenvalue weighted by molar-refractivity contribution is -0.225. The van der Waals surface area contributed by atoms with Gasteiger partial charge in [-0.15, -0.1) is 0 Å². The van der Waals surface area contributed by atoms with E-state index < -0.39 is 17.8 Å². The number of rotatable bonds is 3. The highest BCUT2D eigenvalue weighted by atomic mass is 16.6. The number of fused-ring (bicyclic) bond motifs is 5. The molecule has 0 amide bonds. The first kappa shape index (κ1) is 23.8. The second kappa shape index (κ2) is 8.07. The van der Waals surface area contributed by atoms with Crippen LogP contribution in [0.2, 0.25) is 0 Å². The summed E-state index contributed by atoms with van der Waals surface area (Å²) < 4.78 is 16.5. The van der Waals surface area contributed by atoms with E-state index in [4.69, 9.17) is 14.2 Å². The molecule has 0 aromatic rings. The van der Waals surface area contributed by atoms with Crippen LogP contribution in [0.1, 0.15) is 79.1 Å². The molecular formula is C27H38O7. The van der Waals surface area contributed by atoms with E-state index in [-0.39, 0.29) is 40.6 Å². The Morgan fingerprint density at radius 1 is 1.00 bits per heavy atom. The summed E-state index contributed by atoms with van der Waals surface area (Å²) in [5, 5.41) is 12.3. The number of carbonyl (C=O) groups excluding carboxylic acids is 3. The molecule has 188 valence electrons. The van der Waals surface area contributed by atoms with E-state index in [9.17, 15) is 19.5 Å². The Bertz CT molecular complexity index is 926. The first-order valence-corrected chi connectivity index (χ1v) is 12.9. The van der Waals surface area contributed by atoms with Crippen LogP contribution in [-0.4, -0.2) is 47.4 Å². The summed E-state index contributed by atoms with van der Waals surface area (Å²) in [5.74, 6) is 0.0445. The minimum Gasteiger partial charge on any atom is -0.459 e. The second-order valence-corrected chi connectivity index (χ2v) is 12.0. The topological polar surface area (TPSA) is 99.1 Å². The third kappa shape index (κ3) is 3.44. The van der Waals surface area contributed by atoms with Gasteiger partial charge in [-0.1, -0.05) is 13.8 Å². The van der Waals surface area contributed by atoms with Gasteiger partial charge in [-0.25, -0.2) is 4.79 Å². The highest BCUT2D eigenvalue weighted by Crippen LogP contribution is 2.70. The summed E-state index contributed by atoms with van der Waals surface area (Å²) in [4.78, 5) is 35.4. The Morgan fingerprint density at radius 3 is 2.35 bits per heavy atom. The smallest absolute Gasteiger partial charge is 0.331 e. The molecule has 0 aromatic heterocycles. The largest absolute Gasteiger partial charge is 0.459 e. The number of ether oxygens (including phenoxy) is 3. The molecule has 2 unspecified atom stereocenters. The van der Waals surface area contributed by atoms with Gasteiger partial charge >= 0.3 is 17.9 Å². The first-order valence-electron chi connectivity index (χ1n) is 12.9. The number of cyclic esters (lactones) is 1. The predicted molar refractivity (Wildman–Crippen MR) is 122 cm³/mol. The molecule has 7 heteroatoms. The minimum atomic E-state index is -0.787. The highest BCUT2D eigenvalue weighted by molar-refractivity contribution is 5.85. The van der Waals surface area contributed by atoms with Gasteiger partial charge < -0.3 is 19.3 Å². The van der Waals surface area contributed by atoms with Gasteiger partial charge in [0.05, 0.1) is 5.60 Å². The third-order valence-corrected chi connectivity index (χ3v) is 10.6. The number of hydrogen-bond donors (Lipinski definition) is 1. The summed E-state index contributed by atoms with van der Waals surface area (Å²) in [6.07, 6.45) is 7.57. The van der Waals surface area contributed by atoms with E-state index in [2.05, 4.69) is 13.8 Å². The normalized spacial score (nSPS) is 47.6. The molecule has 4 fully saturated rings. The Labute approximate surface area is 201 Å². The fourth-order valence-electron chi connectivity index (χ4n) is 9.06. The van der Waals surface area contributed by atoms with E-state index in [0.717, 1.165) is 44.1 Å². The van der Waals surface area contributed by atoms with Crippen molar-refractivity contribution in [3.05, 3.63) is 11.6 Å². The fourth-order valence-corrected chi connectivity index (χ4v) is 9.06. The molecule has 5 rings (SSSR count). The molecule has 0 saturated heterocycles. The van der Waals surface area contributed by atoms with Crippen LogP contribution in [0.25, 0.3) is 0 Å². The monoisotopic (exact) mass is 474 g/mol. The van der Waals surface area contributed by atoms with Crippen molar-refractivity contribution in [2.24, 2.45) is 34.5 Å². The summed E-state index contributed by atoms with van der Waals surface area (Å²) in [6, 6.07) is 0. The van der Waals surface area contributed by atoms with Crippen molar-refractivity contribution in [3.63, 3.8) is 0 Å². The van der Waals surface area contributed by atoms with Crippen molar-refractivity contribution in [2.45, 2.75) is 96.9 Å². The molecule has 0 bridgehead atoms. The van der Waals surface area contributed by atoms with Crippen LogP contribution in [0, 0.1) is 34.5 Å². The zero-order valence-corrected chi connectivity index (χ0v) is 20.8. The molecule has 0 aromatic carbocycles. The van der Waals surface area contributed by atoms with Crippen molar-refractivity contribution in [1.29, 1.82) is 0 Å². The van der Waals surface area contributed by atoms with Gasteiger partial charge in [-0.2, -0.15) is 0 Å². The Morgan fingerprint density at radius 2 is 1.71 bits per heavy atom. The predicted octanol–water partition coefficient (Wildman–Crippen LogP) is 3.72. The number of esters is 3. The molecule has 0 radical (unpaired) electrons. The van der Waals surface area contributed by atoms with Gasteiger partial charge in [0.15, 0.2) is 0 Å². The summed E-state index contributed by atoms with van der Waals surface area (Å²) in [6.45, 7) is 7.69. The van der Waals surface area contributed by atoms with E-state index in [1.165, 1.54) is 13.8 Å². The van der Waals surface area contributed by atoms with Crippen molar-refractivity contribution in [2.75, 3.05) is 6.61 Å². The first-order chi connectivity index (χ1) is 16.0. The van der Waals surface area contributed by atoms with Gasteiger partial charge in [0.1, 0.15) is 18.8 Å². The van der Waals surface area contributed by atoms with Crippen LogP contribution in [-0.2, 0) is 28.6 Å². The summed E-state index contributed by atoms with van der Waals surface area (Å²) in [5.41, 5.74) is -0.120. The van der Waals surface area contributed by atoms with Gasteiger partial charge in [0.2, 0.25) is 0 Å². The molecule has 7 nitrogen and oxygen atoms in total. The van der Waals surface area contributed by atoms with E-state index in [0.29, 0.717) is 31.3 Å². The van der Waals surface area contributed by atoms with Crippen molar-refractivity contribution < 1.29 is 33.7 Å². The van der Waals surface area contributed by atoms with Crippen LogP contribution in [0.15, 0.2) is 11.6 Å². The molecule has 34 heavy (non-hydrogen) atoms. The number of hydrogen-bond acceptors (Lipinski definition) is 7. The van der Waals surface area contributed by atoms with Crippen LogP contribution in [0.4, 0.5) is 0 Å². The van der Waals surface area contributed by atoms with Gasteiger partial charge in [0.25, 0.3) is 0 Å². The van der Waals surface area contributed by atoms with Crippen LogP contribution >= 0.6 is 0 Å². The molecule has 5 aliphatic rings. The molecule has 9 atom stereocenters. The molecule has 1 aliphatic heterocycles. The zero-order chi connectivity index (χ0) is 24.5. The quantitative estimate of drug-likeness (QED) is 0.492. The van der Waals surface area contributed by atoms with E-state index in [1.54, 1.807) is 6.08 Å². The average Bonchev–Trinajstić information content (AvgIpc) is 3.28. The SMILES string of the molecule is CC(=O)O[C@@H]1C[C@@H]2CCC3C(CC[C@]4(C)[C@@H](C5=CC(=O)OC5)CC[C@]34O)[C@@]2(C)C[C@H]1OC(C)=O. The molecule has 4 saturated carbocycles. The fraction of sp³-hybridized carbons (Fsp3) is 0.815. The molecular weight excluding hydrogens is 436 g/mol. The van der Waals surface area contributed by atoms with Crippen molar-refractivity contribution in [3.8, 4) is 0 Å². The molecule has 4 aliphatic carbocycles. The van der Waals surface area contributed by atoms with Crippen molar-refractivity contribution in [1.82, 2.24) is 0 Å². The Balaban J connectivity index is 1.43. The second-order valence-electron chi connectivity index (χ2n) is 12.0. The minimum absolute atomic E-state index is 0.0967. The third-order valence-electron chi connectivity index (χ3n) is 10.6. The molecule has 1 N–H and O–H groups in total. The molecule has 0 spiro atoms. The lowest BCUT2D eigenvalue weighted by atomic mass is 9.43. The Kier molecular flexibility index (Phi) is 5.66. The van der Waals surface area contributed by atoms with Gasteiger partial charge in [-0.3, -0.25) is 9.59 Å². The lowest BCUT2D eigenvalue weighted by Gasteiger charge is -2.64. The highest BCUT2D eigenvalue weighted by Gasteiger charge is 2.68. The van der Waals surface area contributed by atoms with Crippen molar-refractivity contribution >= 4 is 17.9 Å². The average molecular weight is 475 g/mol. The van der Waals surface area contributed by atoms with Gasteiger partial charge in [-0.05, 0) is 86.0 Å². The summed E-state index contributed by atoms with van der Waals surface area (Å²) in [7, 11) is 0. The van der Waals surface area contributed by atoms with Crippen LogP contribution < -0.4 is 0 Å². The Hall–Kier alpha value is -1.89. The molecule has 1 heterocycles. The van der Waals surface area contributed by atoms with Crippen LogP contribution in [0.3, 0.4) is 0 Å². The van der Waals surface area contributed by atoms with Crippen LogP contribution in [0.5, 0.6) is 0 Å².